The number of fused-ring (bicyclic) bond motifs is 2. The second-order valence-corrected chi connectivity index (χ2v) is 7.72. The summed E-state index contributed by atoms with van der Waals surface area (Å²) in [7, 11) is 0. The van der Waals surface area contributed by atoms with E-state index in [9.17, 15) is 20.0 Å². The van der Waals surface area contributed by atoms with E-state index in [1.54, 1.807) is 4.90 Å². The smallest absolute Gasteiger partial charge is 0.313 e. The molecule has 0 unspecified atom stereocenters. The van der Waals surface area contributed by atoms with Gasteiger partial charge in [-0.2, -0.15) is 5.26 Å². The zero-order chi connectivity index (χ0) is 18.5. The van der Waals surface area contributed by atoms with E-state index in [0.717, 1.165) is 36.9 Å². The van der Waals surface area contributed by atoms with Gasteiger partial charge in [0.25, 0.3) is 0 Å². The number of pyridine rings is 1. The Morgan fingerprint density at radius 2 is 2.08 bits per heavy atom. The fourth-order valence-corrected chi connectivity index (χ4v) is 4.71. The standard InChI is InChI=1S/C19H22N4O3/c1-12(24)22-8-15-9-23(11-19(15,10-22)18(25)26)17-14(7-20)6-13-4-2-3-5-16(13)21-17/h6,15H,2-5,8-11H2,1H3,(H,25,26)/t15-,19-/m0/s1. The zero-order valence-corrected chi connectivity index (χ0v) is 14.9. The molecule has 2 saturated heterocycles. The quantitative estimate of drug-likeness (QED) is 0.857. The second-order valence-electron chi connectivity index (χ2n) is 7.72. The number of carboxylic acids is 1. The number of rotatable bonds is 2. The Labute approximate surface area is 152 Å². The topological polar surface area (TPSA) is 97.5 Å². The monoisotopic (exact) mass is 354 g/mol. The Hall–Kier alpha value is -2.62. The van der Waals surface area contributed by atoms with Crippen molar-refractivity contribution >= 4 is 17.7 Å². The molecule has 1 N–H and O–H groups in total. The Morgan fingerprint density at radius 1 is 1.31 bits per heavy atom. The first-order valence-corrected chi connectivity index (χ1v) is 9.11. The average Bonchev–Trinajstić information content (AvgIpc) is 3.16. The van der Waals surface area contributed by atoms with Gasteiger partial charge < -0.3 is 14.9 Å². The molecule has 136 valence electrons. The number of amides is 1. The molecule has 1 aromatic rings. The van der Waals surface area contributed by atoms with E-state index < -0.39 is 11.4 Å². The molecule has 0 saturated carbocycles. The van der Waals surface area contributed by atoms with Crippen LogP contribution in [0.1, 0.15) is 36.6 Å². The molecule has 0 spiro atoms. The summed E-state index contributed by atoms with van der Waals surface area (Å²) in [5, 5.41) is 19.5. The van der Waals surface area contributed by atoms with E-state index in [2.05, 4.69) is 6.07 Å². The number of anilines is 1. The van der Waals surface area contributed by atoms with E-state index in [1.807, 2.05) is 11.0 Å². The highest BCUT2D eigenvalue weighted by Gasteiger charge is 2.58. The van der Waals surface area contributed by atoms with E-state index >= 15 is 0 Å². The van der Waals surface area contributed by atoms with Gasteiger partial charge in [-0.05, 0) is 37.3 Å². The molecule has 1 amide bonds. The maximum Gasteiger partial charge on any atom is 0.313 e. The number of carbonyl (C=O) groups is 2. The fraction of sp³-hybridized carbons (Fsp3) is 0.579. The maximum atomic E-state index is 12.1. The summed E-state index contributed by atoms with van der Waals surface area (Å²) in [5.74, 6) is -0.493. The molecule has 3 aliphatic rings. The van der Waals surface area contributed by atoms with Crippen molar-refractivity contribution in [3.05, 3.63) is 22.9 Å². The van der Waals surface area contributed by atoms with Gasteiger partial charge in [-0.3, -0.25) is 9.59 Å². The van der Waals surface area contributed by atoms with Crippen LogP contribution in [0, 0.1) is 22.7 Å². The fourth-order valence-electron chi connectivity index (χ4n) is 4.71. The summed E-state index contributed by atoms with van der Waals surface area (Å²) >= 11 is 0. The van der Waals surface area contributed by atoms with Crippen LogP contribution < -0.4 is 4.90 Å². The Kier molecular flexibility index (Phi) is 3.87. The molecule has 7 heteroatoms. The van der Waals surface area contributed by atoms with Crippen LogP contribution in [0.4, 0.5) is 5.82 Å². The number of aliphatic carboxylic acids is 1. The minimum Gasteiger partial charge on any atom is -0.481 e. The Balaban J connectivity index is 1.68. The van der Waals surface area contributed by atoms with Crippen LogP contribution in [0.3, 0.4) is 0 Å². The van der Waals surface area contributed by atoms with E-state index in [0.29, 0.717) is 24.5 Å². The molecule has 2 atom stereocenters. The lowest BCUT2D eigenvalue weighted by molar-refractivity contribution is -0.148. The minimum atomic E-state index is -0.976. The molecular weight excluding hydrogens is 332 g/mol. The maximum absolute atomic E-state index is 12.1. The van der Waals surface area contributed by atoms with Crippen molar-refractivity contribution < 1.29 is 14.7 Å². The third-order valence-corrected chi connectivity index (χ3v) is 6.18. The van der Waals surface area contributed by atoms with Crippen LogP contribution in [0.25, 0.3) is 0 Å². The molecule has 7 nitrogen and oxygen atoms in total. The summed E-state index contributed by atoms with van der Waals surface area (Å²) in [4.78, 5) is 32.1. The molecule has 1 aromatic heterocycles. The van der Waals surface area contributed by atoms with Crippen LogP contribution in [-0.2, 0) is 22.4 Å². The number of nitriles is 1. The van der Waals surface area contributed by atoms with Crippen LogP contribution in [0.15, 0.2) is 6.07 Å². The van der Waals surface area contributed by atoms with E-state index in [-0.39, 0.29) is 24.9 Å². The van der Waals surface area contributed by atoms with Gasteiger partial charge in [0.15, 0.2) is 0 Å². The Bertz CT molecular complexity index is 831. The summed E-state index contributed by atoms with van der Waals surface area (Å²) in [6.45, 7) is 2.96. The SMILES string of the molecule is CC(=O)N1C[C@H]2CN(c3nc4c(cc3C#N)CCCC4)C[C@@]2(C(=O)O)C1. The molecule has 4 rings (SSSR count). The first-order chi connectivity index (χ1) is 12.4. The summed E-state index contributed by atoms with van der Waals surface area (Å²) in [6, 6.07) is 4.17. The summed E-state index contributed by atoms with van der Waals surface area (Å²) < 4.78 is 0. The third kappa shape index (κ3) is 2.44. The van der Waals surface area contributed by atoms with Gasteiger partial charge in [-0.25, -0.2) is 4.98 Å². The molecule has 0 radical (unpaired) electrons. The van der Waals surface area contributed by atoms with Gasteiger partial charge >= 0.3 is 5.97 Å². The average molecular weight is 354 g/mol. The Morgan fingerprint density at radius 3 is 2.73 bits per heavy atom. The predicted molar refractivity (Wildman–Crippen MR) is 93.6 cm³/mol. The predicted octanol–water partition coefficient (Wildman–Crippen LogP) is 1.20. The molecule has 3 heterocycles. The zero-order valence-electron chi connectivity index (χ0n) is 14.9. The lowest BCUT2D eigenvalue weighted by atomic mass is 9.81. The largest absolute Gasteiger partial charge is 0.481 e. The van der Waals surface area contributed by atoms with Crippen molar-refractivity contribution in [3.8, 4) is 6.07 Å². The second kappa shape index (κ2) is 5.97. The van der Waals surface area contributed by atoms with Crippen molar-refractivity contribution in [1.82, 2.24) is 9.88 Å². The number of carboxylic acid groups (broad SMARTS) is 1. The molecule has 0 aromatic carbocycles. The molecule has 26 heavy (non-hydrogen) atoms. The van der Waals surface area contributed by atoms with Crippen molar-refractivity contribution in [2.24, 2.45) is 11.3 Å². The van der Waals surface area contributed by atoms with Gasteiger partial charge in [-0.15, -0.1) is 0 Å². The van der Waals surface area contributed by atoms with Gasteiger partial charge in [0.2, 0.25) is 5.91 Å². The number of aryl methyl sites for hydroxylation is 2. The first kappa shape index (κ1) is 16.8. The first-order valence-electron chi connectivity index (χ1n) is 9.11. The normalized spacial score (nSPS) is 27.0. The number of carbonyl (C=O) groups excluding carboxylic acids is 1. The lowest BCUT2D eigenvalue weighted by Gasteiger charge is -2.27. The van der Waals surface area contributed by atoms with Crippen LogP contribution in [0.5, 0.6) is 0 Å². The van der Waals surface area contributed by atoms with Crippen LogP contribution >= 0.6 is 0 Å². The highest BCUT2D eigenvalue weighted by molar-refractivity contribution is 5.82. The number of nitrogens with zero attached hydrogens (tertiary/aromatic N) is 4. The summed E-state index contributed by atoms with van der Waals surface area (Å²) in [5.41, 5.74) is 1.73. The third-order valence-electron chi connectivity index (χ3n) is 6.18. The molecule has 0 bridgehead atoms. The molecule has 1 aliphatic carbocycles. The molecular formula is C19H22N4O3. The van der Waals surface area contributed by atoms with Crippen molar-refractivity contribution in [3.63, 3.8) is 0 Å². The summed E-state index contributed by atoms with van der Waals surface area (Å²) in [6.07, 6.45) is 4.08. The van der Waals surface area contributed by atoms with Crippen molar-refractivity contribution in [2.75, 3.05) is 31.1 Å². The molecule has 2 fully saturated rings. The van der Waals surface area contributed by atoms with Gasteiger partial charge in [-0.1, -0.05) is 0 Å². The van der Waals surface area contributed by atoms with Gasteiger partial charge in [0.1, 0.15) is 17.3 Å². The van der Waals surface area contributed by atoms with Gasteiger partial charge in [0.05, 0.1) is 5.56 Å². The number of likely N-dealkylation sites (tertiary alicyclic amines) is 1. The van der Waals surface area contributed by atoms with Crippen LogP contribution in [-0.4, -0.2) is 53.0 Å². The van der Waals surface area contributed by atoms with Gasteiger partial charge in [0, 0.05) is 44.7 Å². The van der Waals surface area contributed by atoms with E-state index in [4.69, 9.17) is 4.98 Å². The van der Waals surface area contributed by atoms with E-state index in [1.165, 1.54) is 6.92 Å². The number of aromatic nitrogens is 1. The minimum absolute atomic E-state index is 0.0869. The highest BCUT2D eigenvalue weighted by Crippen LogP contribution is 2.44. The van der Waals surface area contributed by atoms with Crippen LogP contribution in [0.2, 0.25) is 0 Å². The lowest BCUT2D eigenvalue weighted by Crippen LogP contribution is -2.42. The van der Waals surface area contributed by atoms with Crippen molar-refractivity contribution in [1.29, 1.82) is 5.26 Å². The van der Waals surface area contributed by atoms with Crippen molar-refractivity contribution in [2.45, 2.75) is 32.6 Å². The highest BCUT2D eigenvalue weighted by atomic mass is 16.4. The number of hydrogen-bond acceptors (Lipinski definition) is 5. The molecule has 2 aliphatic heterocycles. The number of hydrogen-bond donors (Lipinski definition) is 1.